The molecular weight excluding hydrogens is 282 g/mol. The number of carbonyl (C=O) groups is 1. The van der Waals surface area contributed by atoms with Crippen LogP contribution in [-0.2, 0) is 19.6 Å². The Morgan fingerprint density at radius 2 is 1.90 bits per heavy atom. The molecule has 0 aliphatic carbocycles. The first-order valence-corrected chi connectivity index (χ1v) is 8.42. The minimum absolute atomic E-state index is 0.0482. The Kier molecular flexibility index (Phi) is 8.30. The summed E-state index contributed by atoms with van der Waals surface area (Å²) in [5.74, 6) is -0.720. The molecule has 7 heteroatoms. The van der Waals surface area contributed by atoms with Gasteiger partial charge in [-0.15, -0.1) is 0 Å². The molecule has 20 heavy (non-hydrogen) atoms. The van der Waals surface area contributed by atoms with Crippen molar-refractivity contribution in [2.45, 2.75) is 40.0 Å². The third kappa shape index (κ3) is 9.28. The predicted molar refractivity (Wildman–Crippen MR) is 78.1 cm³/mol. The van der Waals surface area contributed by atoms with Gasteiger partial charge in [-0.1, -0.05) is 20.8 Å². The second-order valence-electron chi connectivity index (χ2n) is 5.99. The molecule has 0 fully saturated rings. The van der Waals surface area contributed by atoms with Gasteiger partial charge in [0.05, 0.1) is 12.4 Å². The van der Waals surface area contributed by atoms with Crippen LogP contribution in [0.2, 0.25) is 0 Å². The molecule has 0 aromatic carbocycles. The van der Waals surface area contributed by atoms with E-state index in [-0.39, 0.29) is 30.1 Å². The van der Waals surface area contributed by atoms with Gasteiger partial charge in [0.1, 0.15) is 0 Å². The summed E-state index contributed by atoms with van der Waals surface area (Å²) in [7, 11) is -1.85. The van der Waals surface area contributed by atoms with E-state index in [1.54, 1.807) is 0 Å². The van der Waals surface area contributed by atoms with Gasteiger partial charge < -0.3 is 9.84 Å². The zero-order chi connectivity index (χ0) is 15.8. The highest BCUT2D eigenvalue weighted by Crippen LogP contribution is 2.32. The highest BCUT2D eigenvalue weighted by molar-refractivity contribution is 7.89. The van der Waals surface area contributed by atoms with Crippen LogP contribution in [0.5, 0.6) is 0 Å². The Morgan fingerprint density at radius 1 is 1.30 bits per heavy atom. The molecule has 0 saturated carbocycles. The Hall–Kier alpha value is -0.660. The monoisotopic (exact) mass is 309 g/mol. The first-order chi connectivity index (χ1) is 9.08. The second kappa shape index (κ2) is 8.59. The van der Waals surface area contributed by atoms with E-state index in [9.17, 15) is 13.2 Å². The zero-order valence-corrected chi connectivity index (χ0v) is 13.6. The van der Waals surface area contributed by atoms with E-state index in [0.717, 1.165) is 0 Å². The number of hydrogen-bond acceptors (Lipinski definition) is 4. The molecule has 0 rings (SSSR count). The first-order valence-electron chi connectivity index (χ1n) is 6.76. The Balaban J connectivity index is 4.30. The van der Waals surface area contributed by atoms with Gasteiger partial charge in [-0.05, 0) is 24.2 Å². The molecule has 120 valence electrons. The van der Waals surface area contributed by atoms with Gasteiger partial charge in [0.25, 0.3) is 0 Å². The molecule has 2 N–H and O–H groups in total. The molecule has 0 saturated heterocycles. The lowest BCUT2D eigenvalue weighted by Crippen LogP contribution is -2.32. The molecule has 0 bridgehead atoms. The second-order valence-corrected chi connectivity index (χ2v) is 7.92. The number of ether oxygens (including phenoxy) is 1. The van der Waals surface area contributed by atoms with E-state index in [1.807, 2.05) is 20.8 Å². The van der Waals surface area contributed by atoms with Gasteiger partial charge >= 0.3 is 5.97 Å². The van der Waals surface area contributed by atoms with Crippen molar-refractivity contribution in [1.29, 1.82) is 0 Å². The van der Waals surface area contributed by atoms with Crippen LogP contribution in [0.25, 0.3) is 0 Å². The summed E-state index contributed by atoms with van der Waals surface area (Å²) >= 11 is 0. The van der Waals surface area contributed by atoms with Crippen molar-refractivity contribution in [1.82, 2.24) is 4.72 Å². The molecular formula is C13H27NO5S. The molecule has 0 aromatic heterocycles. The molecule has 0 aromatic rings. The number of carboxylic acid groups (broad SMARTS) is 1. The highest BCUT2D eigenvalue weighted by Gasteiger charge is 2.25. The molecule has 0 heterocycles. The lowest BCUT2D eigenvalue weighted by molar-refractivity contribution is -0.137. The van der Waals surface area contributed by atoms with Crippen molar-refractivity contribution < 1.29 is 23.1 Å². The summed E-state index contributed by atoms with van der Waals surface area (Å²) in [5, 5.41) is 8.75. The lowest BCUT2D eigenvalue weighted by Gasteiger charge is -2.30. The third-order valence-corrected chi connectivity index (χ3v) is 4.65. The highest BCUT2D eigenvalue weighted by atomic mass is 32.2. The van der Waals surface area contributed by atoms with Crippen molar-refractivity contribution in [3.05, 3.63) is 0 Å². The number of methoxy groups -OCH3 is 1. The quantitative estimate of drug-likeness (QED) is 0.637. The average molecular weight is 309 g/mol. The van der Waals surface area contributed by atoms with E-state index in [0.29, 0.717) is 19.4 Å². The Morgan fingerprint density at radius 3 is 2.35 bits per heavy atom. The molecule has 6 nitrogen and oxygen atoms in total. The smallest absolute Gasteiger partial charge is 0.303 e. The summed E-state index contributed by atoms with van der Waals surface area (Å²) in [6, 6.07) is 0. The number of hydrogen-bond donors (Lipinski definition) is 2. The third-order valence-electron chi connectivity index (χ3n) is 3.30. The van der Waals surface area contributed by atoms with Crippen LogP contribution >= 0.6 is 0 Å². The molecule has 1 atom stereocenters. The average Bonchev–Trinajstić information content (AvgIpc) is 2.29. The van der Waals surface area contributed by atoms with Gasteiger partial charge in [0, 0.05) is 20.1 Å². The number of sulfonamides is 1. The van der Waals surface area contributed by atoms with Gasteiger partial charge in [0.2, 0.25) is 10.0 Å². The van der Waals surface area contributed by atoms with E-state index in [1.165, 1.54) is 7.11 Å². The Bertz CT molecular complexity index is 386. The summed E-state index contributed by atoms with van der Waals surface area (Å²) in [6.07, 6.45) is 1.29. The number of rotatable bonds is 10. The molecule has 0 spiro atoms. The van der Waals surface area contributed by atoms with E-state index < -0.39 is 16.0 Å². The first kappa shape index (κ1) is 19.3. The summed E-state index contributed by atoms with van der Waals surface area (Å²) < 4.78 is 30.5. The van der Waals surface area contributed by atoms with Crippen LogP contribution in [0.3, 0.4) is 0 Å². The van der Waals surface area contributed by atoms with Gasteiger partial charge in [-0.25, -0.2) is 13.1 Å². The predicted octanol–water partition coefficient (Wildman–Crippen LogP) is 1.47. The maximum Gasteiger partial charge on any atom is 0.303 e. The fourth-order valence-corrected chi connectivity index (χ4v) is 2.92. The summed E-state index contributed by atoms with van der Waals surface area (Å²) in [6.45, 7) is 6.61. The summed E-state index contributed by atoms with van der Waals surface area (Å²) in [4.78, 5) is 10.7. The number of nitrogens with one attached hydrogen (secondary N) is 1. The van der Waals surface area contributed by atoms with E-state index in [4.69, 9.17) is 9.84 Å². The van der Waals surface area contributed by atoms with Crippen molar-refractivity contribution >= 4 is 16.0 Å². The maximum absolute atomic E-state index is 11.6. The Labute approximate surface area is 121 Å². The van der Waals surface area contributed by atoms with Crippen LogP contribution in [0.4, 0.5) is 0 Å². The van der Waals surface area contributed by atoms with Crippen LogP contribution < -0.4 is 4.72 Å². The standard InChI is InChI=1S/C13H27NO5S/c1-13(2,3)11(5-6-12(15)16)7-8-14-20(17,18)10-9-19-4/h11,14H,5-10H2,1-4H3,(H,15,16). The largest absolute Gasteiger partial charge is 0.481 e. The molecule has 1 unspecified atom stereocenters. The number of aliphatic carboxylic acids is 1. The number of carboxylic acids is 1. The fraction of sp³-hybridized carbons (Fsp3) is 0.923. The van der Waals surface area contributed by atoms with Crippen molar-refractivity contribution in [3.63, 3.8) is 0 Å². The maximum atomic E-state index is 11.6. The van der Waals surface area contributed by atoms with Crippen LogP contribution in [0, 0.1) is 11.3 Å². The van der Waals surface area contributed by atoms with E-state index >= 15 is 0 Å². The normalized spacial score (nSPS) is 14.2. The van der Waals surface area contributed by atoms with Crippen molar-refractivity contribution in [2.24, 2.45) is 11.3 Å². The molecule has 0 amide bonds. The van der Waals surface area contributed by atoms with Crippen molar-refractivity contribution in [3.8, 4) is 0 Å². The molecule has 0 radical (unpaired) electrons. The van der Waals surface area contributed by atoms with E-state index in [2.05, 4.69) is 4.72 Å². The van der Waals surface area contributed by atoms with Gasteiger partial charge in [-0.3, -0.25) is 4.79 Å². The fourth-order valence-electron chi connectivity index (χ4n) is 1.96. The lowest BCUT2D eigenvalue weighted by atomic mass is 9.76. The SMILES string of the molecule is COCCS(=O)(=O)NCCC(CCC(=O)O)C(C)(C)C. The molecule has 0 aliphatic rings. The van der Waals surface area contributed by atoms with Gasteiger partial charge in [-0.2, -0.15) is 0 Å². The minimum atomic E-state index is -3.31. The zero-order valence-electron chi connectivity index (χ0n) is 12.8. The minimum Gasteiger partial charge on any atom is -0.481 e. The van der Waals surface area contributed by atoms with Crippen LogP contribution in [-0.4, -0.2) is 45.5 Å². The van der Waals surface area contributed by atoms with Crippen LogP contribution in [0.1, 0.15) is 40.0 Å². The van der Waals surface area contributed by atoms with Crippen molar-refractivity contribution in [2.75, 3.05) is 26.0 Å². The topological polar surface area (TPSA) is 92.7 Å². The van der Waals surface area contributed by atoms with Gasteiger partial charge in [0.15, 0.2) is 0 Å². The molecule has 0 aliphatic heterocycles. The summed E-state index contributed by atoms with van der Waals surface area (Å²) in [5.41, 5.74) is -0.0482. The van der Waals surface area contributed by atoms with Crippen LogP contribution in [0.15, 0.2) is 0 Å².